The van der Waals surface area contributed by atoms with E-state index in [1.165, 1.54) is 51.5 Å². The summed E-state index contributed by atoms with van der Waals surface area (Å²) in [6, 6.07) is 0.785. The lowest BCUT2D eigenvalue weighted by Gasteiger charge is -2.26. The zero-order valence-corrected chi connectivity index (χ0v) is 10.5. The van der Waals surface area contributed by atoms with Gasteiger partial charge in [-0.05, 0) is 50.5 Å². The third-order valence-corrected chi connectivity index (χ3v) is 4.48. The molecule has 2 saturated carbocycles. The Labute approximate surface area is 95.0 Å². The third-order valence-electron chi connectivity index (χ3n) is 4.48. The molecule has 2 rings (SSSR count). The van der Waals surface area contributed by atoms with E-state index < -0.39 is 0 Å². The van der Waals surface area contributed by atoms with Gasteiger partial charge in [-0.3, -0.25) is 0 Å². The fourth-order valence-electron chi connectivity index (χ4n) is 2.90. The van der Waals surface area contributed by atoms with E-state index in [1.54, 1.807) is 0 Å². The minimum absolute atomic E-state index is 0.785. The summed E-state index contributed by atoms with van der Waals surface area (Å²) < 4.78 is 0. The van der Waals surface area contributed by atoms with Gasteiger partial charge in [0, 0.05) is 6.04 Å². The Bertz CT molecular complexity index is 178. The van der Waals surface area contributed by atoms with Crippen molar-refractivity contribution >= 4 is 0 Å². The van der Waals surface area contributed by atoms with Crippen LogP contribution in [0.4, 0.5) is 0 Å². The second-order valence-corrected chi connectivity index (χ2v) is 5.99. The molecule has 0 amide bonds. The topological polar surface area (TPSA) is 12.0 Å². The van der Waals surface area contributed by atoms with Crippen LogP contribution >= 0.6 is 0 Å². The molecule has 15 heavy (non-hydrogen) atoms. The summed E-state index contributed by atoms with van der Waals surface area (Å²) in [7, 11) is 0. The summed E-state index contributed by atoms with van der Waals surface area (Å²) in [4.78, 5) is 0. The minimum Gasteiger partial charge on any atom is -0.314 e. The van der Waals surface area contributed by atoms with E-state index in [2.05, 4.69) is 19.2 Å². The van der Waals surface area contributed by atoms with E-state index in [0.29, 0.717) is 0 Å². The fourth-order valence-corrected chi connectivity index (χ4v) is 2.90. The van der Waals surface area contributed by atoms with Crippen LogP contribution in [0.5, 0.6) is 0 Å². The molecule has 1 atom stereocenters. The molecule has 2 fully saturated rings. The minimum atomic E-state index is 0.785. The first kappa shape index (κ1) is 11.4. The molecule has 2 aliphatic rings. The summed E-state index contributed by atoms with van der Waals surface area (Å²) in [6.45, 7) is 6.03. The van der Waals surface area contributed by atoms with Gasteiger partial charge in [-0.15, -0.1) is 0 Å². The molecule has 1 N–H and O–H groups in total. The van der Waals surface area contributed by atoms with Crippen LogP contribution < -0.4 is 5.32 Å². The van der Waals surface area contributed by atoms with Gasteiger partial charge in [0.2, 0.25) is 0 Å². The van der Waals surface area contributed by atoms with Crippen LogP contribution in [0.1, 0.15) is 58.8 Å². The first-order valence-corrected chi connectivity index (χ1v) is 6.99. The summed E-state index contributed by atoms with van der Waals surface area (Å²) in [5.41, 5.74) is 0. The van der Waals surface area contributed by atoms with Crippen LogP contribution in [0, 0.1) is 17.8 Å². The van der Waals surface area contributed by atoms with E-state index in [4.69, 9.17) is 0 Å². The van der Waals surface area contributed by atoms with Crippen LogP contribution in [-0.2, 0) is 0 Å². The average Bonchev–Trinajstić information content (AvgIpc) is 3.04. The Balaban J connectivity index is 1.53. The largest absolute Gasteiger partial charge is 0.314 e. The van der Waals surface area contributed by atoms with E-state index in [9.17, 15) is 0 Å². The van der Waals surface area contributed by atoms with E-state index in [1.807, 2.05) is 0 Å². The number of hydrogen-bond acceptors (Lipinski definition) is 1. The molecule has 0 heterocycles. The third kappa shape index (κ3) is 3.79. The SMILES string of the molecule is CC1CCC(CCNC(C)C2CC2)CC1. The van der Waals surface area contributed by atoms with Crippen LogP contribution in [0.15, 0.2) is 0 Å². The Morgan fingerprint density at radius 3 is 2.33 bits per heavy atom. The Hall–Kier alpha value is -0.0400. The zero-order valence-electron chi connectivity index (χ0n) is 10.5. The maximum atomic E-state index is 3.70. The summed E-state index contributed by atoms with van der Waals surface area (Å²) in [6.07, 6.45) is 10.3. The second kappa shape index (κ2) is 5.34. The van der Waals surface area contributed by atoms with Crippen LogP contribution in [0.25, 0.3) is 0 Å². The van der Waals surface area contributed by atoms with Gasteiger partial charge in [0.25, 0.3) is 0 Å². The maximum absolute atomic E-state index is 3.70. The van der Waals surface area contributed by atoms with Crippen LogP contribution in [-0.4, -0.2) is 12.6 Å². The highest BCUT2D eigenvalue weighted by molar-refractivity contribution is 4.83. The average molecular weight is 209 g/mol. The molecular weight excluding hydrogens is 182 g/mol. The summed E-state index contributed by atoms with van der Waals surface area (Å²) in [5.74, 6) is 3.04. The zero-order chi connectivity index (χ0) is 10.7. The van der Waals surface area contributed by atoms with Gasteiger partial charge in [-0.2, -0.15) is 0 Å². The van der Waals surface area contributed by atoms with Gasteiger partial charge in [0.05, 0.1) is 0 Å². The van der Waals surface area contributed by atoms with Gasteiger partial charge in [0.15, 0.2) is 0 Å². The molecular formula is C14H27N. The molecule has 1 unspecified atom stereocenters. The maximum Gasteiger partial charge on any atom is 0.00670 e. The van der Waals surface area contributed by atoms with Crippen molar-refractivity contribution in [1.29, 1.82) is 0 Å². The van der Waals surface area contributed by atoms with Crippen molar-refractivity contribution in [3.63, 3.8) is 0 Å². The van der Waals surface area contributed by atoms with Crippen molar-refractivity contribution in [2.75, 3.05) is 6.54 Å². The van der Waals surface area contributed by atoms with Crippen molar-refractivity contribution in [2.24, 2.45) is 17.8 Å². The van der Waals surface area contributed by atoms with Crippen LogP contribution in [0.3, 0.4) is 0 Å². The van der Waals surface area contributed by atoms with Crippen molar-refractivity contribution in [3.8, 4) is 0 Å². The molecule has 0 aromatic rings. The molecule has 0 spiro atoms. The normalized spacial score (nSPS) is 34.0. The van der Waals surface area contributed by atoms with E-state index >= 15 is 0 Å². The monoisotopic (exact) mass is 209 g/mol. The molecule has 88 valence electrons. The highest BCUT2D eigenvalue weighted by Crippen LogP contribution is 2.33. The van der Waals surface area contributed by atoms with E-state index in [-0.39, 0.29) is 0 Å². The molecule has 0 aromatic carbocycles. The van der Waals surface area contributed by atoms with Crippen molar-refractivity contribution in [1.82, 2.24) is 5.32 Å². The van der Waals surface area contributed by atoms with Crippen molar-refractivity contribution in [3.05, 3.63) is 0 Å². The fraction of sp³-hybridized carbons (Fsp3) is 1.00. The van der Waals surface area contributed by atoms with Crippen molar-refractivity contribution < 1.29 is 0 Å². The van der Waals surface area contributed by atoms with Gasteiger partial charge < -0.3 is 5.32 Å². The van der Waals surface area contributed by atoms with Gasteiger partial charge in [0.1, 0.15) is 0 Å². The van der Waals surface area contributed by atoms with Gasteiger partial charge in [-0.1, -0.05) is 32.6 Å². The quantitative estimate of drug-likeness (QED) is 0.729. The van der Waals surface area contributed by atoms with Gasteiger partial charge in [-0.25, -0.2) is 0 Å². The second-order valence-electron chi connectivity index (χ2n) is 5.99. The van der Waals surface area contributed by atoms with E-state index in [0.717, 1.165) is 23.8 Å². The number of rotatable bonds is 5. The van der Waals surface area contributed by atoms with Gasteiger partial charge >= 0.3 is 0 Å². The molecule has 1 heteroatoms. The number of hydrogen-bond donors (Lipinski definition) is 1. The summed E-state index contributed by atoms with van der Waals surface area (Å²) >= 11 is 0. The Morgan fingerprint density at radius 2 is 1.73 bits per heavy atom. The molecule has 1 nitrogen and oxygen atoms in total. The molecule has 0 aromatic heterocycles. The summed E-state index contributed by atoms with van der Waals surface area (Å²) in [5, 5.41) is 3.70. The highest BCUT2D eigenvalue weighted by atomic mass is 14.9. The lowest BCUT2D eigenvalue weighted by Crippen LogP contribution is -2.30. The predicted octanol–water partition coefficient (Wildman–Crippen LogP) is 3.59. The van der Waals surface area contributed by atoms with Crippen molar-refractivity contribution in [2.45, 2.75) is 64.8 Å². The first-order chi connectivity index (χ1) is 7.25. The molecule has 2 aliphatic carbocycles. The predicted molar refractivity (Wildman–Crippen MR) is 65.9 cm³/mol. The molecule has 0 radical (unpaired) electrons. The molecule has 0 aliphatic heterocycles. The lowest BCUT2D eigenvalue weighted by molar-refractivity contribution is 0.272. The number of nitrogens with one attached hydrogen (secondary N) is 1. The molecule has 0 saturated heterocycles. The van der Waals surface area contributed by atoms with Crippen LogP contribution in [0.2, 0.25) is 0 Å². The standard InChI is InChI=1S/C14H27N/c1-11-3-5-13(6-4-11)9-10-15-12(2)14-7-8-14/h11-15H,3-10H2,1-2H3. The lowest BCUT2D eigenvalue weighted by atomic mass is 9.81. The molecule has 0 bridgehead atoms. The Morgan fingerprint density at radius 1 is 1.07 bits per heavy atom. The highest BCUT2D eigenvalue weighted by Gasteiger charge is 2.27. The Kier molecular flexibility index (Phi) is 4.07. The smallest absolute Gasteiger partial charge is 0.00670 e. The first-order valence-electron chi connectivity index (χ1n) is 6.99.